The van der Waals surface area contributed by atoms with E-state index in [0.29, 0.717) is 15.9 Å². The highest BCUT2D eigenvalue weighted by molar-refractivity contribution is 9.11. The van der Waals surface area contributed by atoms with E-state index in [-0.39, 0.29) is 5.13 Å². The number of anilines is 1. The molecule has 0 atom stereocenters. The van der Waals surface area contributed by atoms with Crippen LogP contribution in [0.25, 0.3) is 0 Å². The van der Waals surface area contributed by atoms with E-state index in [9.17, 15) is 23.7 Å². The molecule has 6 nitrogen and oxygen atoms in total. The predicted octanol–water partition coefficient (Wildman–Crippen LogP) is 3.34. The van der Waals surface area contributed by atoms with Gasteiger partial charge in [-0.3, -0.25) is 20.2 Å². The largest absolute Gasteiger partial charge is 0.307 e. The van der Waals surface area contributed by atoms with Gasteiger partial charge >= 0.3 is 5.69 Å². The molecule has 2 aromatic rings. The van der Waals surface area contributed by atoms with Gasteiger partial charge in [-0.25, -0.2) is 9.37 Å². The summed E-state index contributed by atoms with van der Waals surface area (Å²) >= 11 is 4.20. The van der Waals surface area contributed by atoms with E-state index in [2.05, 4.69) is 26.2 Å². The number of nitrogens with one attached hydrogen (secondary N) is 1. The number of benzene rings is 1. The van der Waals surface area contributed by atoms with Crippen molar-refractivity contribution in [2.75, 3.05) is 5.32 Å². The molecule has 10 heteroatoms. The Bertz CT molecular complexity index is 707. The molecule has 1 heterocycles. The van der Waals surface area contributed by atoms with Crippen molar-refractivity contribution in [2.45, 2.75) is 0 Å². The van der Waals surface area contributed by atoms with Gasteiger partial charge in [0.25, 0.3) is 5.91 Å². The molecule has 2 rings (SSSR count). The molecule has 1 aromatic carbocycles. The van der Waals surface area contributed by atoms with Gasteiger partial charge in [0.2, 0.25) is 5.82 Å². The quantitative estimate of drug-likeness (QED) is 0.669. The number of rotatable bonds is 3. The average Bonchev–Trinajstić information content (AvgIpc) is 2.76. The number of hydrogen-bond donors (Lipinski definition) is 1. The lowest BCUT2D eigenvalue weighted by atomic mass is 10.1. The Morgan fingerprint density at radius 3 is 2.65 bits per heavy atom. The highest BCUT2D eigenvalue weighted by Crippen LogP contribution is 2.25. The second-order valence-corrected chi connectivity index (χ2v) is 5.87. The van der Waals surface area contributed by atoms with E-state index in [1.54, 1.807) is 0 Å². The zero-order valence-electron chi connectivity index (χ0n) is 9.39. The first-order valence-electron chi connectivity index (χ1n) is 4.94. The number of hydrogen-bond acceptors (Lipinski definition) is 5. The minimum Gasteiger partial charge on any atom is -0.298 e. The number of thiazole rings is 1. The second-order valence-electron chi connectivity index (χ2n) is 3.46. The molecule has 20 heavy (non-hydrogen) atoms. The Kier molecular flexibility index (Phi) is 4.04. The van der Waals surface area contributed by atoms with Gasteiger partial charge in [-0.15, -0.1) is 0 Å². The zero-order chi connectivity index (χ0) is 14.9. The van der Waals surface area contributed by atoms with Crippen LogP contribution in [0, 0.1) is 21.7 Å². The third kappa shape index (κ3) is 2.96. The first kappa shape index (κ1) is 14.5. The number of amides is 1. The number of halogens is 3. The summed E-state index contributed by atoms with van der Waals surface area (Å²) < 4.78 is 27.6. The summed E-state index contributed by atoms with van der Waals surface area (Å²) in [5, 5.41) is 12.9. The number of carbonyl (C=O) groups is 1. The maximum atomic E-state index is 13.6. The fourth-order valence-electron chi connectivity index (χ4n) is 1.33. The molecule has 0 aliphatic heterocycles. The van der Waals surface area contributed by atoms with Gasteiger partial charge in [-0.1, -0.05) is 11.3 Å². The van der Waals surface area contributed by atoms with Gasteiger partial charge in [-0.2, -0.15) is 4.39 Å². The van der Waals surface area contributed by atoms with Crippen LogP contribution in [-0.2, 0) is 0 Å². The molecule has 0 spiro atoms. The molecule has 1 aromatic heterocycles. The van der Waals surface area contributed by atoms with Crippen molar-refractivity contribution in [3.8, 4) is 0 Å². The number of nitrogens with zero attached hydrogens (tertiary/aromatic N) is 2. The van der Waals surface area contributed by atoms with Crippen LogP contribution in [0.1, 0.15) is 10.4 Å². The van der Waals surface area contributed by atoms with Gasteiger partial charge in [-0.05, 0) is 22.0 Å². The molecule has 0 aliphatic rings. The summed E-state index contributed by atoms with van der Waals surface area (Å²) in [6.07, 6.45) is 1.42. The van der Waals surface area contributed by atoms with Crippen molar-refractivity contribution < 1.29 is 18.5 Å². The lowest BCUT2D eigenvalue weighted by molar-refractivity contribution is -0.387. The standard InChI is InChI=1S/C10H4BrF2N3O3S/c11-8-3-14-10(20-8)15-9(17)4-1-6(13)7(16(18)19)2-5(4)12/h1-3H,(H,14,15,17). The molecule has 0 saturated carbocycles. The fraction of sp³-hybridized carbons (Fsp3) is 0. The Labute approximate surface area is 122 Å². The Morgan fingerprint density at radius 2 is 2.10 bits per heavy atom. The third-order valence-electron chi connectivity index (χ3n) is 2.18. The number of aromatic nitrogens is 1. The molecule has 0 fully saturated rings. The predicted molar refractivity (Wildman–Crippen MR) is 70.8 cm³/mol. The first-order chi connectivity index (χ1) is 9.38. The Balaban J connectivity index is 2.30. The summed E-state index contributed by atoms with van der Waals surface area (Å²) in [6.45, 7) is 0. The van der Waals surface area contributed by atoms with Gasteiger partial charge in [0.1, 0.15) is 5.82 Å². The summed E-state index contributed by atoms with van der Waals surface area (Å²) in [5.41, 5.74) is -1.67. The lowest BCUT2D eigenvalue weighted by Gasteiger charge is -2.03. The first-order valence-corrected chi connectivity index (χ1v) is 6.55. The maximum Gasteiger partial charge on any atom is 0.307 e. The number of carbonyl (C=O) groups excluding carboxylic acids is 1. The van der Waals surface area contributed by atoms with Crippen molar-refractivity contribution in [3.05, 3.63) is 49.4 Å². The molecule has 1 N–H and O–H groups in total. The molecular formula is C10H4BrF2N3O3S. The SMILES string of the molecule is O=C(Nc1ncc(Br)s1)c1cc(F)c([N+](=O)[O-])cc1F. The van der Waals surface area contributed by atoms with Gasteiger partial charge in [0, 0.05) is 0 Å². The summed E-state index contributed by atoms with van der Waals surface area (Å²) in [4.78, 5) is 24.9. The van der Waals surface area contributed by atoms with Crippen molar-refractivity contribution in [1.29, 1.82) is 0 Å². The highest BCUT2D eigenvalue weighted by atomic mass is 79.9. The van der Waals surface area contributed by atoms with E-state index >= 15 is 0 Å². The zero-order valence-corrected chi connectivity index (χ0v) is 11.8. The summed E-state index contributed by atoms with van der Waals surface area (Å²) in [6, 6.07) is 0.841. The molecule has 1 amide bonds. The van der Waals surface area contributed by atoms with E-state index in [1.165, 1.54) is 6.20 Å². The van der Waals surface area contributed by atoms with E-state index < -0.39 is 33.7 Å². The molecule has 104 valence electrons. The van der Waals surface area contributed by atoms with Crippen LogP contribution >= 0.6 is 27.3 Å². The molecule has 0 radical (unpaired) electrons. The maximum absolute atomic E-state index is 13.6. The van der Waals surface area contributed by atoms with Crippen LogP contribution in [0.2, 0.25) is 0 Å². The van der Waals surface area contributed by atoms with Gasteiger partial charge in [0.05, 0.1) is 26.5 Å². The molecule has 0 saturated heterocycles. The molecular weight excluding hydrogens is 360 g/mol. The third-order valence-corrected chi connectivity index (χ3v) is 3.57. The van der Waals surface area contributed by atoms with Crippen LogP contribution < -0.4 is 5.32 Å². The van der Waals surface area contributed by atoms with Crippen LogP contribution in [0.5, 0.6) is 0 Å². The normalized spacial score (nSPS) is 10.3. The van der Waals surface area contributed by atoms with E-state index in [4.69, 9.17) is 0 Å². The van der Waals surface area contributed by atoms with Crippen LogP contribution in [0.4, 0.5) is 19.6 Å². The molecule has 0 bridgehead atoms. The lowest BCUT2D eigenvalue weighted by Crippen LogP contribution is -2.14. The Hall–Kier alpha value is -1.94. The minimum absolute atomic E-state index is 0.181. The Morgan fingerprint density at radius 1 is 1.40 bits per heavy atom. The minimum atomic E-state index is -1.29. The monoisotopic (exact) mass is 363 g/mol. The van der Waals surface area contributed by atoms with Crippen molar-refractivity contribution in [2.24, 2.45) is 0 Å². The van der Waals surface area contributed by atoms with Gasteiger partial charge in [0.15, 0.2) is 5.13 Å². The van der Waals surface area contributed by atoms with E-state index in [1.807, 2.05) is 0 Å². The number of nitro benzene ring substituents is 1. The highest BCUT2D eigenvalue weighted by Gasteiger charge is 2.22. The molecule has 0 aliphatic carbocycles. The van der Waals surface area contributed by atoms with Crippen LogP contribution in [0.3, 0.4) is 0 Å². The van der Waals surface area contributed by atoms with E-state index in [0.717, 1.165) is 11.3 Å². The summed E-state index contributed by atoms with van der Waals surface area (Å²) in [7, 11) is 0. The van der Waals surface area contributed by atoms with Crippen LogP contribution in [-0.4, -0.2) is 15.8 Å². The van der Waals surface area contributed by atoms with Crippen molar-refractivity contribution in [1.82, 2.24) is 4.98 Å². The topological polar surface area (TPSA) is 85.1 Å². The average molecular weight is 364 g/mol. The number of nitro groups is 1. The summed E-state index contributed by atoms with van der Waals surface area (Å²) in [5.74, 6) is -3.42. The second kappa shape index (κ2) is 5.59. The van der Waals surface area contributed by atoms with Crippen molar-refractivity contribution >= 4 is 44.0 Å². The fourth-order valence-corrected chi connectivity index (χ4v) is 2.43. The van der Waals surface area contributed by atoms with Crippen molar-refractivity contribution in [3.63, 3.8) is 0 Å². The smallest absolute Gasteiger partial charge is 0.298 e. The van der Waals surface area contributed by atoms with Gasteiger partial charge < -0.3 is 0 Å². The molecule has 0 unspecified atom stereocenters. The van der Waals surface area contributed by atoms with Crippen LogP contribution in [0.15, 0.2) is 22.1 Å².